The largest absolute Gasteiger partial charge is 0.309 e. The summed E-state index contributed by atoms with van der Waals surface area (Å²) in [6.07, 6.45) is 2.65. The lowest BCUT2D eigenvalue weighted by Crippen LogP contribution is -2.46. The van der Waals surface area contributed by atoms with Crippen molar-refractivity contribution in [2.45, 2.75) is 38.8 Å². The number of carbonyl (C=O) groups excluding carboxylic acids is 1. The third-order valence-electron chi connectivity index (χ3n) is 6.38. The molecule has 0 radical (unpaired) electrons. The minimum atomic E-state index is 0.268. The maximum Gasteiger partial charge on any atom is 0.231 e. The Morgan fingerprint density at radius 1 is 0.929 bits per heavy atom. The zero-order valence-electron chi connectivity index (χ0n) is 16.4. The van der Waals surface area contributed by atoms with Gasteiger partial charge in [-0.3, -0.25) is 9.69 Å². The van der Waals surface area contributed by atoms with E-state index in [-0.39, 0.29) is 5.91 Å². The van der Waals surface area contributed by atoms with Gasteiger partial charge >= 0.3 is 0 Å². The number of anilines is 1. The summed E-state index contributed by atoms with van der Waals surface area (Å²) >= 11 is 0. The molecule has 0 aliphatic carbocycles. The summed E-state index contributed by atoms with van der Waals surface area (Å²) in [5.74, 6) is 0.268. The molecule has 28 heavy (non-hydrogen) atoms. The number of fused-ring (bicyclic) bond motifs is 2. The van der Waals surface area contributed by atoms with Crippen LogP contribution in [0.25, 0.3) is 10.8 Å². The lowest BCUT2D eigenvalue weighted by molar-refractivity contribution is -0.118. The molecule has 2 aliphatic rings. The molecule has 5 rings (SSSR count). The van der Waals surface area contributed by atoms with Gasteiger partial charge in [0, 0.05) is 31.4 Å². The molecule has 3 heteroatoms. The van der Waals surface area contributed by atoms with Crippen molar-refractivity contribution in [3.63, 3.8) is 0 Å². The molecule has 3 aromatic rings. The SMILES string of the molecule is Cc1cccc2cccc(CN3CCC(N4C(=O)Cc5ccccc54)CC3)c12. The second kappa shape index (κ2) is 7.06. The standard InChI is InChI=1S/C25H26N2O/c1-18-6-4-8-19-9-5-10-21(25(18)19)17-26-14-12-22(13-15-26)27-23-11-3-2-7-20(23)16-24(27)28/h2-11,22H,12-17H2,1H3. The van der Waals surface area contributed by atoms with E-state index in [1.165, 1.54) is 27.5 Å². The first-order valence-corrected chi connectivity index (χ1v) is 10.3. The predicted molar refractivity (Wildman–Crippen MR) is 115 cm³/mol. The van der Waals surface area contributed by atoms with E-state index in [1.807, 2.05) is 12.1 Å². The fourth-order valence-electron chi connectivity index (χ4n) is 5.01. The number of likely N-dealkylation sites (tertiary alicyclic amines) is 1. The molecular weight excluding hydrogens is 344 g/mol. The van der Waals surface area contributed by atoms with Gasteiger partial charge in [-0.25, -0.2) is 0 Å². The third-order valence-corrected chi connectivity index (χ3v) is 6.38. The first kappa shape index (κ1) is 17.4. The number of carbonyl (C=O) groups is 1. The fourth-order valence-corrected chi connectivity index (χ4v) is 5.01. The number of hydrogen-bond acceptors (Lipinski definition) is 2. The summed E-state index contributed by atoms with van der Waals surface area (Å²) in [6, 6.07) is 21.8. The second-order valence-corrected chi connectivity index (χ2v) is 8.17. The fraction of sp³-hybridized carbons (Fsp3) is 0.320. The van der Waals surface area contributed by atoms with Gasteiger partial charge in [-0.2, -0.15) is 0 Å². The highest BCUT2D eigenvalue weighted by molar-refractivity contribution is 6.01. The highest BCUT2D eigenvalue weighted by Crippen LogP contribution is 2.33. The second-order valence-electron chi connectivity index (χ2n) is 8.17. The molecule has 3 aromatic carbocycles. The molecule has 2 heterocycles. The molecule has 0 N–H and O–H groups in total. The Hall–Kier alpha value is -2.65. The molecule has 142 valence electrons. The van der Waals surface area contributed by atoms with Gasteiger partial charge < -0.3 is 4.90 Å². The minimum absolute atomic E-state index is 0.268. The van der Waals surface area contributed by atoms with Crippen molar-refractivity contribution in [1.29, 1.82) is 0 Å². The predicted octanol–water partition coefficient (Wildman–Crippen LogP) is 4.70. The van der Waals surface area contributed by atoms with Crippen molar-refractivity contribution < 1.29 is 4.79 Å². The van der Waals surface area contributed by atoms with Crippen LogP contribution < -0.4 is 4.90 Å². The van der Waals surface area contributed by atoms with E-state index in [2.05, 4.69) is 65.3 Å². The van der Waals surface area contributed by atoms with E-state index < -0.39 is 0 Å². The van der Waals surface area contributed by atoms with Gasteiger partial charge in [-0.1, -0.05) is 54.6 Å². The smallest absolute Gasteiger partial charge is 0.231 e. The maximum absolute atomic E-state index is 12.6. The molecular formula is C25H26N2O. The Morgan fingerprint density at radius 2 is 1.68 bits per heavy atom. The summed E-state index contributed by atoms with van der Waals surface area (Å²) < 4.78 is 0. The van der Waals surface area contributed by atoms with Crippen molar-refractivity contribution in [2.24, 2.45) is 0 Å². The van der Waals surface area contributed by atoms with Crippen LogP contribution in [0.5, 0.6) is 0 Å². The summed E-state index contributed by atoms with van der Waals surface area (Å²) in [4.78, 5) is 17.2. The van der Waals surface area contributed by atoms with Crippen molar-refractivity contribution in [2.75, 3.05) is 18.0 Å². The number of piperidine rings is 1. The van der Waals surface area contributed by atoms with Crippen LogP contribution in [-0.4, -0.2) is 29.9 Å². The van der Waals surface area contributed by atoms with Gasteiger partial charge in [0.05, 0.1) is 6.42 Å². The van der Waals surface area contributed by atoms with E-state index >= 15 is 0 Å². The Balaban J connectivity index is 1.31. The maximum atomic E-state index is 12.6. The molecule has 1 amide bonds. The molecule has 1 fully saturated rings. The molecule has 0 unspecified atom stereocenters. The molecule has 0 atom stereocenters. The van der Waals surface area contributed by atoms with Gasteiger partial charge in [0.15, 0.2) is 0 Å². The molecule has 2 aliphatic heterocycles. The average molecular weight is 370 g/mol. The number of nitrogens with zero attached hydrogens (tertiary/aromatic N) is 2. The quantitative estimate of drug-likeness (QED) is 0.667. The number of benzene rings is 3. The number of aryl methyl sites for hydroxylation is 1. The topological polar surface area (TPSA) is 23.6 Å². The van der Waals surface area contributed by atoms with Crippen molar-refractivity contribution in [3.8, 4) is 0 Å². The first-order valence-electron chi connectivity index (χ1n) is 10.3. The van der Waals surface area contributed by atoms with Crippen LogP contribution in [0, 0.1) is 6.92 Å². The monoisotopic (exact) mass is 370 g/mol. The Labute approximate surface area is 166 Å². The Bertz CT molecular complexity index is 1030. The van der Waals surface area contributed by atoms with Crippen LogP contribution in [0.1, 0.15) is 29.5 Å². The number of amides is 1. The normalized spacial score (nSPS) is 18.0. The lowest BCUT2D eigenvalue weighted by atomic mass is 9.98. The van der Waals surface area contributed by atoms with Gasteiger partial charge in [-0.05, 0) is 53.3 Å². The van der Waals surface area contributed by atoms with E-state index in [0.29, 0.717) is 12.5 Å². The molecule has 0 spiro atoms. The average Bonchev–Trinajstić information content (AvgIpc) is 3.05. The zero-order chi connectivity index (χ0) is 19.1. The molecule has 1 saturated heterocycles. The minimum Gasteiger partial charge on any atom is -0.309 e. The van der Waals surface area contributed by atoms with Crippen LogP contribution in [-0.2, 0) is 17.8 Å². The summed E-state index contributed by atoms with van der Waals surface area (Å²) in [7, 11) is 0. The number of hydrogen-bond donors (Lipinski definition) is 0. The molecule has 0 bridgehead atoms. The lowest BCUT2D eigenvalue weighted by Gasteiger charge is -2.37. The van der Waals surface area contributed by atoms with Crippen LogP contribution in [0.4, 0.5) is 5.69 Å². The third kappa shape index (κ3) is 3.00. The van der Waals surface area contributed by atoms with Gasteiger partial charge in [0.1, 0.15) is 0 Å². The van der Waals surface area contributed by atoms with Gasteiger partial charge in [-0.15, -0.1) is 0 Å². The summed E-state index contributed by atoms with van der Waals surface area (Å²) in [6.45, 7) is 5.27. The number of rotatable bonds is 3. The molecule has 0 aromatic heterocycles. The van der Waals surface area contributed by atoms with Crippen LogP contribution in [0.3, 0.4) is 0 Å². The van der Waals surface area contributed by atoms with Crippen LogP contribution in [0.15, 0.2) is 60.7 Å². The summed E-state index contributed by atoms with van der Waals surface area (Å²) in [5.41, 5.74) is 5.08. The van der Waals surface area contributed by atoms with Crippen LogP contribution >= 0.6 is 0 Å². The van der Waals surface area contributed by atoms with E-state index in [9.17, 15) is 4.79 Å². The van der Waals surface area contributed by atoms with E-state index in [1.54, 1.807) is 0 Å². The Morgan fingerprint density at radius 3 is 2.50 bits per heavy atom. The summed E-state index contributed by atoms with van der Waals surface area (Å²) in [5, 5.41) is 2.72. The molecule has 0 saturated carbocycles. The molecule has 3 nitrogen and oxygen atoms in total. The first-order chi connectivity index (χ1) is 13.7. The van der Waals surface area contributed by atoms with Crippen molar-refractivity contribution >= 4 is 22.4 Å². The van der Waals surface area contributed by atoms with Crippen molar-refractivity contribution in [1.82, 2.24) is 4.90 Å². The highest BCUT2D eigenvalue weighted by atomic mass is 16.2. The number of para-hydroxylation sites is 1. The Kier molecular flexibility index (Phi) is 4.40. The van der Waals surface area contributed by atoms with Crippen LogP contribution in [0.2, 0.25) is 0 Å². The van der Waals surface area contributed by atoms with E-state index in [4.69, 9.17) is 0 Å². The highest BCUT2D eigenvalue weighted by Gasteiger charge is 2.34. The van der Waals surface area contributed by atoms with E-state index in [0.717, 1.165) is 38.2 Å². The van der Waals surface area contributed by atoms with Gasteiger partial charge in [0.2, 0.25) is 5.91 Å². The zero-order valence-corrected chi connectivity index (χ0v) is 16.4. The van der Waals surface area contributed by atoms with Crippen molar-refractivity contribution in [3.05, 3.63) is 77.4 Å². The van der Waals surface area contributed by atoms with Gasteiger partial charge in [0.25, 0.3) is 0 Å².